The number of pyridine rings is 1. The molecule has 4 heterocycles. The van der Waals surface area contributed by atoms with Crippen molar-refractivity contribution in [2.75, 3.05) is 6.61 Å². The van der Waals surface area contributed by atoms with E-state index in [2.05, 4.69) is 10.1 Å². The number of benzene rings is 1. The molecule has 1 saturated heterocycles. The molecule has 0 N–H and O–H groups in total. The van der Waals surface area contributed by atoms with Crippen LogP contribution < -0.4 is 11.1 Å². The van der Waals surface area contributed by atoms with E-state index in [0.29, 0.717) is 36.4 Å². The fourth-order valence-corrected chi connectivity index (χ4v) is 5.35. The molecule has 0 amide bonds. The van der Waals surface area contributed by atoms with E-state index in [0.717, 1.165) is 35.1 Å². The smallest absolute Gasteiger partial charge is 0.277 e. The largest absolute Gasteiger partial charge is 0.373 e. The predicted octanol–water partition coefficient (Wildman–Crippen LogP) is 5.44. The maximum atomic E-state index is 15.1. The lowest BCUT2D eigenvalue weighted by molar-refractivity contribution is 0.00407. The first-order valence-electron chi connectivity index (χ1n) is 12.6. The molecule has 1 saturated carbocycles. The minimum atomic E-state index is -0.853. The van der Waals surface area contributed by atoms with Crippen molar-refractivity contribution in [3.05, 3.63) is 96.4 Å². The van der Waals surface area contributed by atoms with E-state index in [4.69, 9.17) is 16.3 Å². The van der Waals surface area contributed by atoms with E-state index in [1.165, 1.54) is 0 Å². The number of nitrogens with zero attached hydrogens (tertiary/aromatic N) is 4. The quantitative estimate of drug-likeness (QED) is 0.346. The number of hydrogen-bond donors (Lipinski definition) is 0. The fraction of sp³-hybridized carbons (Fsp3) is 0.357. The van der Waals surface area contributed by atoms with Gasteiger partial charge in [0.2, 0.25) is 0 Å². The lowest BCUT2D eigenvalue weighted by atomic mass is 9.88. The third-order valence-corrected chi connectivity index (χ3v) is 7.75. The van der Waals surface area contributed by atoms with Gasteiger partial charge in [-0.1, -0.05) is 11.6 Å². The summed E-state index contributed by atoms with van der Waals surface area (Å²) in [6.45, 7) is 3.75. The fourth-order valence-electron chi connectivity index (χ4n) is 5.15. The van der Waals surface area contributed by atoms with Crippen LogP contribution in [-0.4, -0.2) is 25.8 Å². The molecule has 2 fully saturated rings. The van der Waals surface area contributed by atoms with Crippen molar-refractivity contribution in [2.45, 2.75) is 57.6 Å². The third-order valence-electron chi connectivity index (χ3n) is 7.53. The molecule has 0 bridgehead atoms. The Labute approximate surface area is 221 Å². The van der Waals surface area contributed by atoms with Gasteiger partial charge in [0.1, 0.15) is 11.6 Å². The first-order valence-corrected chi connectivity index (χ1v) is 13.0. The zero-order valence-corrected chi connectivity index (χ0v) is 21.6. The zero-order chi connectivity index (χ0) is 26.7. The molecule has 0 unspecified atom stereocenters. The van der Waals surface area contributed by atoms with E-state index in [1.807, 2.05) is 6.20 Å². The highest BCUT2D eigenvalue weighted by Crippen LogP contribution is 2.40. The number of rotatable bonds is 4. The molecule has 1 aliphatic carbocycles. The summed E-state index contributed by atoms with van der Waals surface area (Å²) >= 11 is 5.87. The molecule has 4 aromatic rings. The Morgan fingerprint density at radius 3 is 2.50 bits per heavy atom. The first kappa shape index (κ1) is 24.9. The Morgan fingerprint density at radius 1 is 1.05 bits per heavy atom. The number of halogens is 3. The monoisotopic (exact) mass is 538 g/mol. The van der Waals surface area contributed by atoms with Gasteiger partial charge in [-0.2, -0.15) is 9.61 Å². The van der Waals surface area contributed by atoms with Crippen LogP contribution in [-0.2, 0) is 4.74 Å². The molecule has 196 valence electrons. The standard InChI is InChI=1S/C28H25ClF2N4O3/c1-14-15(2)32-27-20(26-21(30)10-18(29)11-22(26)31)12-23(33-35(27)28(14)37)16-7-8-38-24(9-16)17-3-6-25(36)34(13-17)19-4-5-19/h3,6,10-13,16,19,24H,4-5,7-9H2,1-2H3/t16-,24+/m1/s1. The molecule has 6 rings (SSSR count). The number of hydrogen-bond acceptors (Lipinski definition) is 5. The van der Waals surface area contributed by atoms with Crippen molar-refractivity contribution in [1.29, 1.82) is 0 Å². The van der Waals surface area contributed by atoms with Crippen molar-refractivity contribution in [3.8, 4) is 11.1 Å². The normalized spacial score (nSPS) is 19.7. The van der Waals surface area contributed by atoms with Crippen molar-refractivity contribution in [1.82, 2.24) is 19.2 Å². The predicted molar refractivity (Wildman–Crippen MR) is 139 cm³/mol. The summed E-state index contributed by atoms with van der Waals surface area (Å²) < 4.78 is 39.2. The molecule has 1 aliphatic heterocycles. The molecule has 0 radical (unpaired) electrons. The van der Waals surface area contributed by atoms with Crippen LogP contribution in [0.25, 0.3) is 16.8 Å². The third kappa shape index (κ3) is 4.33. The molecule has 7 nitrogen and oxygen atoms in total. The molecule has 2 aliphatic rings. The average Bonchev–Trinajstić information content (AvgIpc) is 3.73. The lowest BCUT2D eigenvalue weighted by Crippen LogP contribution is -2.26. The molecular weight excluding hydrogens is 514 g/mol. The molecular formula is C28H25ClF2N4O3. The molecule has 2 atom stereocenters. The van der Waals surface area contributed by atoms with Crippen LogP contribution in [0.4, 0.5) is 8.78 Å². The van der Waals surface area contributed by atoms with Crippen LogP contribution in [0.1, 0.15) is 66.3 Å². The van der Waals surface area contributed by atoms with Crippen LogP contribution in [0.15, 0.2) is 46.1 Å². The first-order chi connectivity index (χ1) is 18.2. The van der Waals surface area contributed by atoms with Gasteiger partial charge in [-0.15, -0.1) is 0 Å². The Balaban J connectivity index is 1.47. The zero-order valence-electron chi connectivity index (χ0n) is 20.9. The minimum Gasteiger partial charge on any atom is -0.373 e. The van der Waals surface area contributed by atoms with Crippen LogP contribution in [0.3, 0.4) is 0 Å². The van der Waals surface area contributed by atoms with Crippen LogP contribution in [0.5, 0.6) is 0 Å². The van der Waals surface area contributed by atoms with E-state index in [-0.39, 0.29) is 45.4 Å². The van der Waals surface area contributed by atoms with Crippen LogP contribution >= 0.6 is 11.6 Å². The molecule has 10 heteroatoms. The van der Waals surface area contributed by atoms with Gasteiger partial charge in [-0.05, 0) is 69.4 Å². The Hall–Kier alpha value is -3.43. The second kappa shape index (κ2) is 9.39. The highest BCUT2D eigenvalue weighted by Gasteiger charge is 2.30. The van der Waals surface area contributed by atoms with Crippen molar-refractivity contribution < 1.29 is 13.5 Å². The van der Waals surface area contributed by atoms with Gasteiger partial charge in [0.15, 0.2) is 5.65 Å². The summed E-state index contributed by atoms with van der Waals surface area (Å²) in [4.78, 5) is 30.0. The minimum absolute atomic E-state index is 0.0333. The van der Waals surface area contributed by atoms with E-state index < -0.39 is 17.2 Å². The van der Waals surface area contributed by atoms with E-state index in [1.54, 1.807) is 36.6 Å². The SMILES string of the molecule is Cc1nc2c(-c3c(F)cc(Cl)cc3F)cc([C@@H]3CCO[C@H](c4ccc(=O)n(C5CC5)c4)C3)nn2c(=O)c1C. The number of aromatic nitrogens is 4. The Bertz CT molecular complexity index is 1690. The Kier molecular flexibility index (Phi) is 6.15. The molecule has 0 spiro atoms. The average molecular weight is 539 g/mol. The van der Waals surface area contributed by atoms with Crippen molar-refractivity contribution in [3.63, 3.8) is 0 Å². The van der Waals surface area contributed by atoms with E-state index >= 15 is 8.78 Å². The maximum Gasteiger partial charge on any atom is 0.277 e. The highest BCUT2D eigenvalue weighted by atomic mass is 35.5. The second-order valence-electron chi connectivity index (χ2n) is 10.1. The topological polar surface area (TPSA) is 78.5 Å². The summed E-state index contributed by atoms with van der Waals surface area (Å²) in [5.41, 5.74) is 1.72. The number of ether oxygens (including phenoxy) is 1. The molecule has 3 aromatic heterocycles. The van der Waals surface area contributed by atoms with Crippen molar-refractivity contribution in [2.24, 2.45) is 0 Å². The Morgan fingerprint density at radius 2 is 1.79 bits per heavy atom. The summed E-state index contributed by atoms with van der Waals surface area (Å²) in [5, 5.41) is 4.55. The number of fused-ring (bicyclic) bond motifs is 1. The van der Waals surface area contributed by atoms with Crippen LogP contribution in [0, 0.1) is 25.5 Å². The van der Waals surface area contributed by atoms with Gasteiger partial charge in [-0.25, -0.2) is 13.8 Å². The van der Waals surface area contributed by atoms with Gasteiger partial charge in [0.25, 0.3) is 11.1 Å². The van der Waals surface area contributed by atoms with Gasteiger partial charge < -0.3 is 9.30 Å². The molecule has 1 aromatic carbocycles. The lowest BCUT2D eigenvalue weighted by Gasteiger charge is -2.30. The molecule has 38 heavy (non-hydrogen) atoms. The maximum absolute atomic E-state index is 15.1. The second-order valence-corrected chi connectivity index (χ2v) is 10.5. The van der Waals surface area contributed by atoms with Gasteiger partial charge in [-0.3, -0.25) is 9.59 Å². The highest BCUT2D eigenvalue weighted by molar-refractivity contribution is 6.30. The van der Waals surface area contributed by atoms with Crippen molar-refractivity contribution >= 4 is 17.2 Å². The van der Waals surface area contributed by atoms with Gasteiger partial charge >= 0.3 is 0 Å². The van der Waals surface area contributed by atoms with Gasteiger partial charge in [0.05, 0.1) is 17.4 Å². The van der Waals surface area contributed by atoms with Crippen LogP contribution in [0.2, 0.25) is 5.02 Å². The van der Waals surface area contributed by atoms with E-state index in [9.17, 15) is 9.59 Å². The summed E-state index contributed by atoms with van der Waals surface area (Å²) in [6, 6.07) is 7.28. The summed E-state index contributed by atoms with van der Waals surface area (Å²) in [6.07, 6.45) is 4.68. The number of aryl methyl sites for hydroxylation is 1. The summed E-state index contributed by atoms with van der Waals surface area (Å²) in [7, 11) is 0. The summed E-state index contributed by atoms with van der Waals surface area (Å²) in [5.74, 6) is -1.87. The van der Waals surface area contributed by atoms with Gasteiger partial charge in [0, 0.05) is 52.7 Å².